The molecule has 0 aliphatic carbocycles. The molecule has 0 aromatic heterocycles. The van der Waals surface area contributed by atoms with Gasteiger partial charge in [0.2, 0.25) is 0 Å². The number of halogens is 1. The van der Waals surface area contributed by atoms with Crippen LogP contribution in [0.3, 0.4) is 0 Å². The van der Waals surface area contributed by atoms with Crippen molar-refractivity contribution in [3.8, 4) is 17.6 Å². The molecule has 0 spiro atoms. The van der Waals surface area contributed by atoms with E-state index in [4.69, 9.17) is 31.1 Å². The zero-order valence-electron chi connectivity index (χ0n) is 16.3. The molecule has 0 N–H and O–H groups in total. The van der Waals surface area contributed by atoms with Crippen LogP contribution in [0.5, 0.6) is 11.5 Å². The highest BCUT2D eigenvalue weighted by atomic mass is 35.5. The third kappa shape index (κ3) is 5.87. The third-order valence-corrected chi connectivity index (χ3v) is 4.02. The topological polar surface area (TPSA) is 88.9 Å². The van der Waals surface area contributed by atoms with E-state index in [0.29, 0.717) is 11.4 Å². The highest BCUT2D eigenvalue weighted by molar-refractivity contribution is 6.32. The van der Waals surface area contributed by atoms with Crippen LogP contribution in [0, 0.1) is 11.3 Å². The Balaban J connectivity index is 2.12. The van der Waals surface area contributed by atoms with Gasteiger partial charge in [0.15, 0.2) is 18.1 Å². The number of anilines is 1. The molecule has 152 valence electrons. The molecule has 0 saturated heterocycles. The molecule has 2 aromatic rings. The molecule has 1 amide bonds. The summed E-state index contributed by atoms with van der Waals surface area (Å²) in [6.07, 6.45) is -0.138. The van der Waals surface area contributed by atoms with Gasteiger partial charge in [0.05, 0.1) is 29.9 Å². The predicted octanol–water partition coefficient (Wildman–Crippen LogP) is 3.85. The van der Waals surface area contributed by atoms with Crippen molar-refractivity contribution in [1.29, 1.82) is 5.26 Å². The number of rotatable bonds is 8. The average molecular weight is 417 g/mol. The number of carbonyl (C=O) groups excluding carboxylic acids is 2. The Morgan fingerprint density at radius 2 is 1.90 bits per heavy atom. The Morgan fingerprint density at radius 1 is 1.21 bits per heavy atom. The summed E-state index contributed by atoms with van der Waals surface area (Å²) in [7, 11) is 1.43. The van der Waals surface area contributed by atoms with Crippen molar-refractivity contribution in [2.24, 2.45) is 0 Å². The van der Waals surface area contributed by atoms with Gasteiger partial charge < -0.3 is 14.2 Å². The predicted molar refractivity (Wildman–Crippen MR) is 108 cm³/mol. The lowest BCUT2D eigenvalue weighted by Gasteiger charge is -2.19. The van der Waals surface area contributed by atoms with Crippen LogP contribution in [0.1, 0.15) is 24.2 Å². The zero-order chi connectivity index (χ0) is 21.4. The fourth-order valence-electron chi connectivity index (χ4n) is 2.48. The van der Waals surface area contributed by atoms with Crippen LogP contribution in [0.25, 0.3) is 0 Å². The SMILES string of the molecule is COc1cc(C(=O)OCC(=O)N(CC#N)c2ccccc2)cc(Cl)c1OC(C)C. The lowest BCUT2D eigenvalue weighted by atomic mass is 10.2. The summed E-state index contributed by atoms with van der Waals surface area (Å²) in [5, 5.41) is 9.17. The van der Waals surface area contributed by atoms with Crippen molar-refractivity contribution < 1.29 is 23.8 Å². The minimum Gasteiger partial charge on any atom is -0.493 e. The molecule has 7 nitrogen and oxygen atoms in total. The Morgan fingerprint density at radius 3 is 2.48 bits per heavy atom. The van der Waals surface area contributed by atoms with Gasteiger partial charge in [-0.2, -0.15) is 5.26 Å². The second-order valence-corrected chi connectivity index (χ2v) is 6.61. The van der Waals surface area contributed by atoms with Gasteiger partial charge in [-0.15, -0.1) is 0 Å². The second-order valence-electron chi connectivity index (χ2n) is 6.21. The average Bonchev–Trinajstić information content (AvgIpc) is 2.71. The molecule has 0 atom stereocenters. The fourth-order valence-corrected chi connectivity index (χ4v) is 2.73. The van der Waals surface area contributed by atoms with Gasteiger partial charge in [-0.1, -0.05) is 29.8 Å². The number of carbonyl (C=O) groups is 2. The van der Waals surface area contributed by atoms with Gasteiger partial charge in [-0.3, -0.25) is 9.69 Å². The first-order valence-electron chi connectivity index (χ1n) is 8.81. The summed E-state index contributed by atoms with van der Waals surface area (Å²) in [4.78, 5) is 26.1. The second kappa shape index (κ2) is 10.3. The minimum absolute atomic E-state index is 0.113. The molecule has 0 aliphatic heterocycles. The molecule has 2 aromatic carbocycles. The molecule has 0 saturated carbocycles. The maximum absolute atomic E-state index is 12.5. The lowest BCUT2D eigenvalue weighted by molar-refractivity contribution is -0.121. The van der Waals surface area contributed by atoms with E-state index in [9.17, 15) is 9.59 Å². The summed E-state index contributed by atoms with van der Waals surface area (Å²) in [6.45, 7) is 2.98. The Labute approximate surface area is 174 Å². The molecule has 2 rings (SSSR count). The Bertz CT molecular complexity index is 909. The smallest absolute Gasteiger partial charge is 0.338 e. The maximum Gasteiger partial charge on any atom is 0.338 e. The number of hydrogen-bond acceptors (Lipinski definition) is 6. The van der Waals surface area contributed by atoms with E-state index < -0.39 is 18.5 Å². The zero-order valence-corrected chi connectivity index (χ0v) is 17.1. The molecule has 0 aliphatic rings. The molecule has 0 heterocycles. The summed E-state index contributed by atoms with van der Waals surface area (Å²) in [6, 6.07) is 13.4. The summed E-state index contributed by atoms with van der Waals surface area (Å²) >= 11 is 6.21. The van der Waals surface area contributed by atoms with Gasteiger partial charge in [0.25, 0.3) is 5.91 Å². The van der Waals surface area contributed by atoms with E-state index in [2.05, 4.69) is 0 Å². The first-order chi connectivity index (χ1) is 13.9. The number of ether oxygens (including phenoxy) is 3. The molecular formula is C21H21ClN2O5. The van der Waals surface area contributed by atoms with Crippen molar-refractivity contribution in [3.05, 3.63) is 53.1 Å². The van der Waals surface area contributed by atoms with Crippen molar-refractivity contribution in [3.63, 3.8) is 0 Å². The highest BCUT2D eigenvalue weighted by Gasteiger charge is 2.21. The number of amides is 1. The van der Waals surface area contributed by atoms with E-state index in [1.54, 1.807) is 30.3 Å². The van der Waals surface area contributed by atoms with Crippen LogP contribution >= 0.6 is 11.6 Å². The number of para-hydroxylation sites is 1. The molecule has 8 heteroatoms. The van der Waals surface area contributed by atoms with E-state index in [0.717, 1.165) is 0 Å². The van der Waals surface area contributed by atoms with Crippen LogP contribution in [0.2, 0.25) is 5.02 Å². The highest BCUT2D eigenvalue weighted by Crippen LogP contribution is 2.37. The maximum atomic E-state index is 12.5. The normalized spacial score (nSPS) is 10.2. The number of hydrogen-bond donors (Lipinski definition) is 0. The van der Waals surface area contributed by atoms with Crippen LogP contribution < -0.4 is 14.4 Å². The van der Waals surface area contributed by atoms with Crippen LogP contribution in [-0.4, -0.2) is 38.2 Å². The van der Waals surface area contributed by atoms with Crippen molar-refractivity contribution in [1.82, 2.24) is 0 Å². The van der Waals surface area contributed by atoms with E-state index in [1.807, 2.05) is 19.9 Å². The molecule has 0 bridgehead atoms. The van der Waals surface area contributed by atoms with Gasteiger partial charge in [0.1, 0.15) is 6.54 Å². The van der Waals surface area contributed by atoms with Crippen molar-refractivity contribution in [2.45, 2.75) is 20.0 Å². The Kier molecular flexibility index (Phi) is 7.87. The summed E-state index contributed by atoms with van der Waals surface area (Å²) in [5.41, 5.74) is 0.650. The standard InChI is InChI=1S/C21H21ClN2O5/c1-14(2)29-20-17(22)11-15(12-18(20)27-3)21(26)28-13-19(25)24(10-9-23)16-7-5-4-6-8-16/h4-8,11-12,14H,10,13H2,1-3H3. The summed E-state index contributed by atoms with van der Waals surface area (Å²) in [5.74, 6) is -0.676. The lowest BCUT2D eigenvalue weighted by Crippen LogP contribution is -2.35. The number of esters is 1. The molecule has 0 unspecified atom stereocenters. The molecule has 0 fully saturated rings. The number of benzene rings is 2. The van der Waals surface area contributed by atoms with Crippen LogP contribution in [0.15, 0.2) is 42.5 Å². The Hall–Kier alpha value is -3.24. The monoisotopic (exact) mass is 416 g/mol. The van der Waals surface area contributed by atoms with Crippen LogP contribution in [-0.2, 0) is 9.53 Å². The van der Waals surface area contributed by atoms with Gasteiger partial charge in [0, 0.05) is 5.69 Å². The first-order valence-corrected chi connectivity index (χ1v) is 9.18. The van der Waals surface area contributed by atoms with Crippen molar-refractivity contribution >= 4 is 29.2 Å². The van der Waals surface area contributed by atoms with E-state index in [-0.39, 0.29) is 29.0 Å². The summed E-state index contributed by atoms with van der Waals surface area (Å²) < 4.78 is 16.0. The quantitative estimate of drug-likeness (QED) is 0.479. The minimum atomic E-state index is -0.750. The van der Waals surface area contributed by atoms with E-state index in [1.165, 1.54) is 24.1 Å². The van der Waals surface area contributed by atoms with Gasteiger partial charge in [-0.05, 0) is 38.1 Å². The number of methoxy groups -OCH3 is 1. The molecule has 0 radical (unpaired) electrons. The molecular weight excluding hydrogens is 396 g/mol. The third-order valence-electron chi connectivity index (χ3n) is 3.74. The van der Waals surface area contributed by atoms with Gasteiger partial charge in [-0.25, -0.2) is 4.79 Å². The molecule has 29 heavy (non-hydrogen) atoms. The van der Waals surface area contributed by atoms with Gasteiger partial charge >= 0.3 is 5.97 Å². The van der Waals surface area contributed by atoms with E-state index >= 15 is 0 Å². The number of nitrogens with zero attached hydrogens (tertiary/aromatic N) is 2. The van der Waals surface area contributed by atoms with Crippen LogP contribution in [0.4, 0.5) is 5.69 Å². The number of nitriles is 1. The fraction of sp³-hybridized carbons (Fsp3) is 0.286. The largest absolute Gasteiger partial charge is 0.493 e. The van der Waals surface area contributed by atoms with Crippen molar-refractivity contribution in [2.75, 3.05) is 25.2 Å². The first kappa shape index (κ1) is 22.1.